The molecule has 0 radical (unpaired) electrons. The molecule has 1 heterocycles. The summed E-state index contributed by atoms with van der Waals surface area (Å²) in [4.78, 5) is 4.73. The molecule has 0 fully saturated rings. The first-order chi connectivity index (χ1) is 9.99. The summed E-state index contributed by atoms with van der Waals surface area (Å²) in [7, 11) is 0. The molecule has 3 aromatic rings. The van der Waals surface area contributed by atoms with Gasteiger partial charge in [0.25, 0.3) is 0 Å². The van der Waals surface area contributed by atoms with E-state index >= 15 is 0 Å². The molecule has 0 saturated heterocycles. The number of hydrogen-bond acceptors (Lipinski definition) is 1. The predicted octanol–water partition coefficient (Wildman–Crippen LogP) is 6.00. The van der Waals surface area contributed by atoms with E-state index in [1.165, 1.54) is 9.13 Å². The maximum atomic E-state index is 6.36. The third-order valence-corrected chi connectivity index (χ3v) is 5.20. The quantitative estimate of drug-likeness (QED) is 0.328. The number of fused-ring (bicyclic) bond motifs is 1. The van der Waals surface area contributed by atoms with Crippen LogP contribution < -0.4 is 0 Å². The first kappa shape index (κ1) is 15.3. The zero-order chi connectivity index (χ0) is 15.1. The lowest BCUT2D eigenvalue weighted by Gasteiger charge is -2.14. The topological polar surface area (TPSA) is 17.8 Å². The number of aromatic nitrogens is 2. The second-order valence-corrected chi connectivity index (χ2v) is 7.69. The monoisotopic (exact) mass is 474 g/mol. The SMILES string of the molecule is Cc1c(Br)cccc1-n1c(C(C)Cl)nc2cc(I)ccc21. The van der Waals surface area contributed by atoms with E-state index in [1.54, 1.807) is 0 Å². The zero-order valence-corrected chi connectivity index (χ0v) is 16.1. The van der Waals surface area contributed by atoms with E-state index in [-0.39, 0.29) is 5.38 Å². The van der Waals surface area contributed by atoms with E-state index in [4.69, 9.17) is 16.6 Å². The van der Waals surface area contributed by atoms with E-state index in [0.717, 1.165) is 27.0 Å². The first-order valence-electron chi connectivity index (χ1n) is 6.56. The summed E-state index contributed by atoms with van der Waals surface area (Å²) in [5, 5.41) is -0.159. The average Bonchev–Trinajstić information content (AvgIpc) is 2.80. The Bertz CT molecular complexity index is 827. The number of rotatable bonds is 2. The summed E-state index contributed by atoms with van der Waals surface area (Å²) in [5.74, 6) is 0.870. The molecule has 0 saturated carbocycles. The van der Waals surface area contributed by atoms with Crippen LogP contribution in [-0.4, -0.2) is 9.55 Å². The molecule has 1 aromatic heterocycles. The summed E-state index contributed by atoms with van der Waals surface area (Å²) in [5.41, 5.74) is 4.34. The van der Waals surface area contributed by atoms with Crippen LogP contribution in [-0.2, 0) is 0 Å². The number of alkyl halides is 1. The van der Waals surface area contributed by atoms with Gasteiger partial charge in [-0.1, -0.05) is 22.0 Å². The molecule has 5 heteroatoms. The molecular weight excluding hydrogens is 462 g/mol. The van der Waals surface area contributed by atoms with Gasteiger partial charge in [-0.25, -0.2) is 4.98 Å². The van der Waals surface area contributed by atoms with Crippen LogP contribution in [0.4, 0.5) is 0 Å². The van der Waals surface area contributed by atoms with Gasteiger partial charge in [0.1, 0.15) is 5.82 Å². The molecule has 3 rings (SSSR count). The standard InChI is InChI=1S/C16H13BrClIN2/c1-9-12(17)4-3-5-14(9)21-15-7-6-11(19)8-13(15)20-16(21)10(2)18/h3-8,10H,1-2H3. The second kappa shape index (κ2) is 5.89. The maximum absolute atomic E-state index is 6.36. The number of imidazole rings is 1. The van der Waals surface area contributed by atoms with Crippen molar-refractivity contribution in [3.63, 3.8) is 0 Å². The van der Waals surface area contributed by atoms with Crippen LogP contribution in [0.3, 0.4) is 0 Å². The highest BCUT2D eigenvalue weighted by atomic mass is 127. The van der Waals surface area contributed by atoms with Gasteiger partial charge in [-0.15, -0.1) is 11.6 Å². The lowest BCUT2D eigenvalue weighted by atomic mass is 10.2. The fourth-order valence-electron chi connectivity index (χ4n) is 2.43. The van der Waals surface area contributed by atoms with Crippen LogP contribution >= 0.6 is 50.1 Å². The van der Waals surface area contributed by atoms with E-state index in [0.29, 0.717) is 0 Å². The van der Waals surface area contributed by atoms with E-state index < -0.39 is 0 Å². The zero-order valence-electron chi connectivity index (χ0n) is 11.6. The van der Waals surface area contributed by atoms with Gasteiger partial charge in [0.2, 0.25) is 0 Å². The van der Waals surface area contributed by atoms with Gasteiger partial charge in [-0.3, -0.25) is 4.57 Å². The Morgan fingerprint density at radius 1 is 1.29 bits per heavy atom. The highest BCUT2D eigenvalue weighted by Gasteiger charge is 2.18. The Morgan fingerprint density at radius 3 is 2.76 bits per heavy atom. The first-order valence-corrected chi connectivity index (χ1v) is 8.87. The van der Waals surface area contributed by atoms with Crippen molar-refractivity contribution in [3.05, 3.63) is 55.8 Å². The van der Waals surface area contributed by atoms with Gasteiger partial charge in [0.15, 0.2) is 0 Å². The average molecular weight is 476 g/mol. The van der Waals surface area contributed by atoms with Crippen molar-refractivity contribution in [2.45, 2.75) is 19.2 Å². The lowest BCUT2D eigenvalue weighted by molar-refractivity contribution is 0.877. The van der Waals surface area contributed by atoms with Crippen molar-refractivity contribution in [2.24, 2.45) is 0 Å². The molecule has 2 aromatic carbocycles. The lowest BCUT2D eigenvalue weighted by Crippen LogP contribution is -2.04. The van der Waals surface area contributed by atoms with Crippen LogP contribution in [0.15, 0.2) is 40.9 Å². The third-order valence-electron chi connectivity index (χ3n) is 3.48. The summed E-state index contributed by atoms with van der Waals surface area (Å²) < 4.78 is 4.41. The van der Waals surface area contributed by atoms with Gasteiger partial charge in [0.05, 0.1) is 22.1 Å². The third kappa shape index (κ3) is 2.73. The number of nitrogens with zero attached hydrogens (tertiary/aromatic N) is 2. The number of hydrogen-bond donors (Lipinski definition) is 0. The van der Waals surface area contributed by atoms with Crippen LogP contribution in [0.25, 0.3) is 16.7 Å². The Hall–Kier alpha value is -0.590. The highest BCUT2D eigenvalue weighted by Crippen LogP contribution is 2.32. The minimum Gasteiger partial charge on any atom is -0.295 e. The van der Waals surface area contributed by atoms with Crippen molar-refractivity contribution >= 4 is 61.2 Å². The highest BCUT2D eigenvalue weighted by molar-refractivity contribution is 14.1. The van der Waals surface area contributed by atoms with Crippen molar-refractivity contribution in [1.82, 2.24) is 9.55 Å². The predicted molar refractivity (Wildman–Crippen MR) is 100 cm³/mol. The molecule has 0 N–H and O–H groups in total. The molecule has 1 atom stereocenters. The second-order valence-electron chi connectivity index (χ2n) is 4.94. The molecule has 0 bridgehead atoms. The van der Waals surface area contributed by atoms with Crippen molar-refractivity contribution < 1.29 is 0 Å². The maximum Gasteiger partial charge on any atom is 0.132 e. The summed E-state index contributed by atoms with van der Waals surface area (Å²) in [6.07, 6.45) is 0. The fourth-order valence-corrected chi connectivity index (χ4v) is 3.41. The van der Waals surface area contributed by atoms with Gasteiger partial charge in [-0.05, 0) is 72.3 Å². The molecule has 0 aliphatic carbocycles. The largest absolute Gasteiger partial charge is 0.295 e. The van der Waals surface area contributed by atoms with Gasteiger partial charge in [-0.2, -0.15) is 0 Å². The van der Waals surface area contributed by atoms with E-state index in [2.05, 4.69) is 74.3 Å². The summed E-state index contributed by atoms with van der Waals surface area (Å²) in [6, 6.07) is 12.5. The summed E-state index contributed by atoms with van der Waals surface area (Å²) >= 11 is 12.3. The van der Waals surface area contributed by atoms with E-state index in [9.17, 15) is 0 Å². The molecular formula is C16H13BrClIN2. The van der Waals surface area contributed by atoms with Crippen LogP contribution in [0.1, 0.15) is 23.7 Å². The van der Waals surface area contributed by atoms with Crippen LogP contribution in [0, 0.1) is 10.5 Å². The van der Waals surface area contributed by atoms with Crippen LogP contribution in [0.2, 0.25) is 0 Å². The van der Waals surface area contributed by atoms with Gasteiger partial charge in [0, 0.05) is 8.04 Å². The van der Waals surface area contributed by atoms with Gasteiger partial charge >= 0.3 is 0 Å². The van der Waals surface area contributed by atoms with Crippen molar-refractivity contribution in [2.75, 3.05) is 0 Å². The molecule has 0 amide bonds. The Balaban J connectivity index is 2.39. The Kier molecular flexibility index (Phi) is 4.30. The number of halogens is 3. The minimum atomic E-state index is -0.159. The molecule has 0 aliphatic heterocycles. The number of benzene rings is 2. The Labute approximate surface area is 150 Å². The normalized spacial score (nSPS) is 12.8. The van der Waals surface area contributed by atoms with Gasteiger partial charge < -0.3 is 0 Å². The molecule has 21 heavy (non-hydrogen) atoms. The molecule has 108 valence electrons. The van der Waals surface area contributed by atoms with Crippen LogP contribution in [0.5, 0.6) is 0 Å². The Morgan fingerprint density at radius 2 is 2.05 bits per heavy atom. The van der Waals surface area contributed by atoms with E-state index in [1.807, 2.05) is 19.1 Å². The molecule has 2 nitrogen and oxygen atoms in total. The fraction of sp³-hybridized carbons (Fsp3) is 0.188. The molecule has 1 unspecified atom stereocenters. The molecule has 0 spiro atoms. The summed E-state index contributed by atoms with van der Waals surface area (Å²) in [6.45, 7) is 4.05. The minimum absolute atomic E-state index is 0.159. The molecule has 0 aliphatic rings. The smallest absolute Gasteiger partial charge is 0.132 e. The van der Waals surface area contributed by atoms with Crippen molar-refractivity contribution in [1.29, 1.82) is 0 Å². The van der Waals surface area contributed by atoms with Crippen molar-refractivity contribution in [3.8, 4) is 5.69 Å².